The average Bonchev–Trinajstić information content (AvgIpc) is 2.44. The van der Waals surface area contributed by atoms with E-state index < -0.39 is 6.04 Å². The highest BCUT2D eigenvalue weighted by atomic mass is 16.2. The molecule has 1 aromatic rings. The minimum atomic E-state index is -0.410. The summed E-state index contributed by atoms with van der Waals surface area (Å²) in [5.41, 5.74) is 0.847. The van der Waals surface area contributed by atoms with Crippen LogP contribution in [0.1, 0.15) is 38.8 Å². The predicted octanol–water partition coefficient (Wildman–Crippen LogP) is 0.895. The van der Waals surface area contributed by atoms with Crippen LogP contribution in [0.4, 0.5) is 0 Å². The third kappa shape index (κ3) is 6.88. The lowest BCUT2D eigenvalue weighted by Gasteiger charge is -2.18. The molecule has 0 saturated carbocycles. The summed E-state index contributed by atoms with van der Waals surface area (Å²) in [4.78, 5) is 34.7. The van der Waals surface area contributed by atoms with E-state index in [0.717, 1.165) is 5.56 Å². The number of carbonyl (C=O) groups is 3. The monoisotopic (exact) mass is 305 g/mol. The van der Waals surface area contributed by atoms with Crippen LogP contribution < -0.4 is 16.0 Å². The number of carbonyl (C=O) groups excluding carboxylic acids is 3. The minimum Gasteiger partial charge on any atom is -0.352 e. The van der Waals surface area contributed by atoms with Crippen molar-refractivity contribution in [3.05, 3.63) is 35.9 Å². The summed E-state index contributed by atoms with van der Waals surface area (Å²) in [6, 6.07) is 8.87. The van der Waals surface area contributed by atoms with E-state index in [9.17, 15) is 14.4 Å². The van der Waals surface area contributed by atoms with Gasteiger partial charge in [-0.2, -0.15) is 0 Å². The summed E-state index contributed by atoms with van der Waals surface area (Å²) in [7, 11) is 0. The lowest BCUT2D eigenvalue weighted by Crippen LogP contribution is -2.41. The molecule has 6 heteroatoms. The molecular weight excluding hydrogens is 282 g/mol. The van der Waals surface area contributed by atoms with Crippen LogP contribution in [0.2, 0.25) is 0 Å². The zero-order chi connectivity index (χ0) is 16.5. The Morgan fingerprint density at radius 1 is 1.00 bits per heavy atom. The minimum absolute atomic E-state index is 0.0286. The summed E-state index contributed by atoms with van der Waals surface area (Å²) in [6.45, 7) is 5.03. The molecule has 0 spiro atoms. The molecule has 1 atom stereocenters. The van der Waals surface area contributed by atoms with Crippen molar-refractivity contribution in [1.29, 1.82) is 0 Å². The van der Waals surface area contributed by atoms with Crippen molar-refractivity contribution in [1.82, 2.24) is 16.0 Å². The van der Waals surface area contributed by atoms with Gasteiger partial charge in [0.05, 0.1) is 19.0 Å². The van der Waals surface area contributed by atoms with Crippen LogP contribution in [0.25, 0.3) is 0 Å². The summed E-state index contributed by atoms with van der Waals surface area (Å²) < 4.78 is 0. The standard InChI is InChI=1S/C16H23N3O3/c1-11(2)18-16(22)10-17-15(21)9-14(19-12(3)20)13-7-5-4-6-8-13/h4-8,11,14H,9-10H2,1-3H3,(H,17,21)(H,18,22)(H,19,20). The van der Waals surface area contributed by atoms with Gasteiger partial charge in [0.1, 0.15) is 0 Å². The summed E-state index contributed by atoms with van der Waals surface area (Å²) in [6.07, 6.45) is 0.0819. The lowest BCUT2D eigenvalue weighted by atomic mass is 10.0. The van der Waals surface area contributed by atoms with E-state index in [-0.39, 0.29) is 36.7 Å². The van der Waals surface area contributed by atoms with E-state index in [1.807, 2.05) is 44.2 Å². The Kier molecular flexibility index (Phi) is 7.08. The molecule has 0 aliphatic carbocycles. The molecule has 0 bridgehead atoms. The molecule has 0 aromatic heterocycles. The molecule has 0 aliphatic heterocycles. The van der Waals surface area contributed by atoms with Crippen LogP contribution in [0.3, 0.4) is 0 Å². The molecule has 0 saturated heterocycles. The van der Waals surface area contributed by atoms with Crippen LogP contribution in [0, 0.1) is 0 Å². The van der Waals surface area contributed by atoms with Gasteiger partial charge < -0.3 is 16.0 Å². The molecule has 3 amide bonds. The van der Waals surface area contributed by atoms with Crippen molar-refractivity contribution in [3.8, 4) is 0 Å². The van der Waals surface area contributed by atoms with Gasteiger partial charge in [0, 0.05) is 13.0 Å². The molecule has 0 aliphatic rings. The number of nitrogens with one attached hydrogen (secondary N) is 3. The van der Waals surface area contributed by atoms with Crippen LogP contribution in [0.15, 0.2) is 30.3 Å². The zero-order valence-electron chi connectivity index (χ0n) is 13.2. The van der Waals surface area contributed by atoms with E-state index in [0.29, 0.717) is 0 Å². The second-order valence-corrected chi connectivity index (χ2v) is 5.37. The summed E-state index contributed by atoms with van der Waals surface area (Å²) >= 11 is 0. The number of hydrogen-bond donors (Lipinski definition) is 3. The number of benzene rings is 1. The largest absolute Gasteiger partial charge is 0.352 e. The van der Waals surface area contributed by atoms with Gasteiger partial charge in [0.15, 0.2) is 0 Å². The van der Waals surface area contributed by atoms with E-state index in [1.54, 1.807) is 0 Å². The SMILES string of the molecule is CC(=O)NC(CC(=O)NCC(=O)NC(C)C)c1ccccc1. The van der Waals surface area contributed by atoms with Gasteiger partial charge in [-0.3, -0.25) is 14.4 Å². The first-order chi connectivity index (χ1) is 10.4. The van der Waals surface area contributed by atoms with Gasteiger partial charge in [-0.05, 0) is 19.4 Å². The second-order valence-electron chi connectivity index (χ2n) is 5.37. The van der Waals surface area contributed by atoms with Crippen LogP contribution in [-0.4, -0.2) is 30.3 Å². The molecule has 1 rings (SSSR count). The molecule has 3 N–H and O–H groups in total. The molecule has 22 heavy (non-hydrogen) atoms. The van der Waals surface area contributed by atoms with Crippen molar-refractivity contribution >= 4 is 17.7 Å². The molecule has 0 radical (unpaired) electrons. The predicted molar refractivity (Wildman–Crippen MR) is 83.9 cm³/mol. The molecule has 1 aromatic carbocycles. The van der Waals surface area contributed by atoms with Gasteiger partial charge in [-0.1, -0.05) is 30.3 Å². The van der Waals surface area contributed by atoms with Gasteiger partial charge in [0.25, 0.3) is 0 Å². The fourth-order valence-corrected chi connectivity index (χ4v) is 1.99. The molecule has 120 valence electrons. The smallest absolute Gasteiger partial charge is 0.239 e. The van der Waals surface area contributed by atoms with Crippen molar-refractivity contribution in [2.45, 2.75) is 39.3 Å². The maximum atomic E-state index is 12.0. The van der Waals surface area contributed by atoms with E-state index in [1.165, 1.54) is 6.92 Å². The second kappa shape index (κ2) is 8.81. The van der Waals surface area contributed by atoms with Crippen molar-refractivity contribution < 1.29 is 14.4 Å². The van der Waals surface area contributed by atoms with Crippen LogP contribution in [-0.2, 0) is 14.4 Å². The average molecular weight is 305 g/mol. The van der Waals surface area contributed by atoms with Gasteiger partial charge in [-0.25, -0.2) is 0 Å². The highest BCUT2D eigenvalue weighted by molar-refractivity contribution is 5.85. The van der Waals surface area contributed by atoms with Crippen molar-refractivity contribution in [3.63, 3.8) is 0 Å². The third-order valence-electron chi connectivity index (χ3n) is 2.86. The zero-order valence-corrected chi connectivity index (χ0v) is 13.2. The fraction of sp³-hybridized carbons (Fsp3) is 0.438. The Morgan fingerprint density at radius 3 is 2.18 bits per heavy atom. The molecule has 0 heterocycles. The van der Waals surface area contributed by atoms with Crippen molar-refractivity contribution in [2.24, 2.45) is 0 Å². The Balaban J connectivity index is 2.57. The first-order valence-electron chi connectivity index (χ1n) is 7.26. The quantitative estimate of drug-likeness (QED) is 0.699. The first kappa shape index (κ1) is 17.7. The van der Waals surface area contributed by atoms with Gasteiger partial charge in [0.2, 0.25) is 17.7 Å². The molecule has 1 unspecified atom stereocenters. The number of hydrogen-bond acceptors (Lipinski definition) is 3. The third-order valence-corrected chi connectivity index (χ3v) is 2.86. The summed E-state index contributed by atoms with van der Waals surface area (Å²) in [5, 5.41) is 8.00. The summed E-state index contributed by atoms with van der Waals surface area (Å²) in [5.74, 6) is -0.736. The van der Waals surface area contributed by atoms with Crippen molar-refractivity contribution in [2.75, 3.05) is 6.54 Å². The lowest BCUT2D eigenvalue weighted by molar-refractivity contribution is -0.127. The van der Waals surface area contributed by atoms with E-state index in [2.05, 4.69) is 16.0 Å². The Hall–Kier alpha value is -2.37. The Bertz CT molecular complexity index is 515. The Morgan fingerprint density at radius 2 is 1.64 bits per heavy atom. The first-order valence-corrected chi connectivity index (χ1v) is 7.26. The van der Waals surface area contributed by atoms with Crippen LogP contribution in [0.5, 0.6) is 0 Å². The van der Waals surface area contributed by atoms with E-state index >= 15 is 0 Å². The normalized spacial score (nSPS) is 11.6. The maximum absolute atomic E-state index is 12.0. The van der Waals surface area contributed by atoms with Crippen LogP contribution >= 0.6 is 0 Å². The maximum Gasteiger partial charge on any atom is 0.239 e. The Labute approximate surface area is 130 Å². The number of amides is 3. The molecule has 0 fully saturated rings. The highest BCUT2D eigenvalue weighted by Gasteiger charge is 2.17. The van der Waals surface area contributed by atoms with E-state index in [4.69, 9.17) is 0 Å². The number of rotatable bonds is 7. The fourth-order valence-electron chi connectivity index (χ4n) is 1.99. The van der Waals surface area contributed by atoms with Gasteiger partial charge in [-0.15, -0.1) is 0 Å². The van der Waals surface area contributed by atoms with Gasteiger partial charge >= 0.3 is 0 Å². The topological polar surface area (TPSA) is 87.3 Å². The highest BCUT2D eigenvalue weighted by Crippen LogP contribution is 2.16. The molecular formula is C16H23N3O3. The molecule has 6 nitrogen and oxygen atoms in total.